The second-order valence-electron chi connectivity index (χ2n) is 6.66. The first-order valence-electron chi connectivity index (χ1n) is 6.96. The minimum absolute atomic E-state index is 0.181. The Hall–Kier alpha value is -1.10. The van der Waals surface area contributed by atoms with Crippen molar-refractivity contribution in [3.63, 3.8) is 0 Å². The summed E-state index contributed by atoms with van der Waals surface area (Å²) in [6, 6.07) is 0. The maximum Gasteiger partial charge on any atom is 0.317 e. The van der Waals surface area contributed by atoms with E-state index in [-0.39, 0.29) is 13.1 Å². The lowest BCUT2D eigenvalue weighted by Gasteiger charge is -2.60. The average Bonchev–Trinajstić information content (AvgIpc) is 2.26. The number of carbonyl (C=O) groups is 2. The summed E-state index contributed by atoms with van der Waals surface area (Å²) in [5, 5.41) is 17.7. The molecule has 0 aromatic carbocycles. The van der Waals surface area contributed by atoms with Gasteiger partial charge < -0.3 is 10.2 Å². The van der Waals surface area contributed by atoms with E-state index in [4.69, 9.17) is 10.2 Å². The van der Waals surface area contributed by atoms with E-state index in [0.717, 1.165) is 12.3 Å². The smallest absolute Gasteiger partial charge is 0.317 e. The summed E-state index contributed by atoms with van der Waals surface area (Å²) in [4.78, 5) is 23.2. The lowest BCUT2D eigenvalue weighted by atomic mass is 9.45. The molecule has 0 aromatic rings. The fourth-order valence-electron chi connectivity index (χ4n) is 4.08. The zero-order chi connectivity index (χ0) is 14.2. The Morgan fingerprint density at radius 2 is 1.74 bits per heavy atom. The van der Waals surface area contributed by atoms with Crippen molar-refractivity contribution in [1.82, 2.24) is 4.90 Å². The van der Waals surface area contributed by atoms with E-state index in [2.05, 4.69) is 13.8 Å². The first-order chi connectivity index (χ1) is 8.80. The van der Waals surface area contributed by atoms with E-state index in [1.807, 2.05) is 0 Å². The van der Waals surface area contributed by atoms with Crippen molar-refractivity contribution < 1.29 is 19.8 Å². The highest BCUT2D eigenvalue weighted by molar-refractivity contribution is 5.72. The van der Waals surface area contributed by atoms with E-state index in [9.17, 15) is 9.59 Å². The highest BCUT2D eigenvalue weighted by Gasteiger charge is 2.54. The predicted octanol–water partition coefficient (Wildman–Crippen LogP) is 1.53. The molecule has 3 rings (SSSR count). The van der Waals surface area contributed by atoms with Gasteiger partial charge in [-0.1, -0.05) is 13.8 Å². The Balaban J connectivity index is 1.96. The van der Waals surface area contributed by atoms with Crippen molar-refractivity contribution in [2.24, 2.45) is 23.2 Å². The van der Waals surface area contributed by atoms with Crippen molar-refractivity contribution >= 4 is 11.9 Å². The minimum atomic E-state index is -0.956. The zero-order valence-corrected chi connectivity index (χ0v) is 11.6. The van der Waals surface area contributed by atoms with Crippen LogP contribution in [-0.4, -0.2) is 46.7 Å². The summed E-state index contributed by atoms with van der Waals surface area (Å²) in [5.74, 6) is -0.0400. The van der Waals surface area contributed by atoms with Crippen LogP contribution in [0, 0.1) is 23.2 Å². The quantitative estimate of drug-likeness (QED) is 0.764. The number of carboxylic acids is 2. The predicted molar refractivity (Wildman–Crippen MR) is 69.8 cm³/mol. The van der Waals surface area contributed by atoms with Crippen LogP contribution in [0.3, 0.4) is 0 Å². The molecule has 0 spiro atoms. The van der Waals surface area contributed by atoms with Crippen molar-refractivity contribution in [2.45, 2.75) is 33.1 Å². The van der Waals surface area contributed by atoms with E-state index < -0.39 is 11.9 Å². The fourth-order valence-corrected chi connectivity index (χ4v) is 4.08. The molecule has 0 heterocycles. The second kappa shape index (κ2) is 5.12. The molecular weight excluding hydrogens is 246 g/mol. The van der Waals surface area contributed by atoms with Crippen LogP contribution in [0.5, 0.6) is 0 Å². The summed E-state index contributed by atoms with van der Waals surface area (Å²) in [6.07, 6.45) is 3.53. The summed E-state index contributed by atoms with van der Waals surface area (Å²) in [7, 11) is 0. The number of aliphatic carboxylic acids is 2. The second-order valence-corrected chi connectivity index (χ2v) is 6.66. The Kier molecular flexibility index (Phi) is 3.85. The normalized spacial score (nSPS) is 31.8. The summed E-state index contributed by atoms with van der Waals surface area (Å²) in [6.45, 7) is 4.81. The van der Waals surface area contributed by atoms with Crippen LogP contribution in [0.15, 0.2) is 0 Å². The van der Waals surface area contributed by atoms with Crippen LogP contribution in [0.1, 0.15) is 33.1 Å². The van der Waals surface area contributed by atoms with Gasteiger partial charge in [-0.2, -0.15) is 0 Å². The van der Waals surface area contributed by atoms with Gasteiger partial charge in [0, 0.05) is 6.54 Å². The molecule has 1 unspecified atom stereocenters. The molecule has 0 aromatic heterocycles. The molecule has 0 saturated heterocycles. The Morgan fingerprint density at radius 3 is 2.16 bits per heavy atom. The lowest BCUT2D eigenvalue weighted by molar-refractivity contribution is -0.144. The summed E-state index contributed by atoms with van der Waals surface area (Å²) >= 11 is 0. The van der Waals surface area contributed by atoms with Gasteiger partial charge >= 0.3 is 11.9 Å². The summed E-state index contributed by atoms with van der Waals surface area (Å²) in [5.41, 5.74) is 0.348. The van der Waals surface area contributed by atoms with Crippen LogP contribution in [0.2, 0.25) is 0 Å². The number of fused-ring (bicyclic) bond motifs is 2. The van der Waals surface area contributed by atoms with Gasteiger partial charge in [-0.25, -0.2) is 0 Å². The third-order valence-electron chi connectivity index (χ3n) is 5.21. The van der Waals surface area contributed by atoms with E-state index in [1.54, 1.807) is 4.90 Å². The Bertz CT molecular complexity index is 362. The minimum Gasteiger partial charge on any atom is -0.480 e. The molecule has 19 heavy (non-hydrogen) atoms. The van der Waals surface area contributed by atoms with Crippen LogP contribution in [0.25, 0.3) is 0 Å². The van der Waals surface area contributed by atoms with E-state index >= 15 is 0 Å². The van der Waals surface area contributed by atoms with Crippen molar-refractivity contribution in [2.75, 3.05) is 19.6 Å². The highest BCUT2D eigenvalue weighted by Crippen LogP contribution is 2.61. The van der Waals surface area contributed by atoms with E-state index in [1.165, 1.54) is 12.8 Å². The van der Waals surface area contributed by atoms with Crippen LogP contribution in [0.4, 0.5) is 0 Å². The molecule has 0 amide bonds. The monoisotopic (exact) mass is 269 g/mol. The Labute approximate surface area is 113 Å². The van der Waals surface area contributed by atoms with Gasteiger partial charge in [0.15, 0.2) is 0 Å². The third-order valence-corrected chi connectivity index (χ3v) is 5.21. The molecule has 2 bridgehead atoms. The number of hydrogen-bond acceptors (Lipinski definition) is 3. The van der Waals surface area contributed by atoms with Gasteiger partial charge in [0.25, 0.3) is 0 Å². The van der Waals surface area contributed by atoms with Crippen LogP contribution < -0.4 is 0 Å². The van der Waals surface area contributed by atoms with Gasteiger partial charge in [0.2, 0.25) is 0 Å². The number of rotatable bonds is 6. The molecule has 0 aliphatic heterocycles. The standard InChI is InChI=1S/C14H23NO4/c1-14(2)10-4-3-9(11(14)5-10)6-15(7-12(16)17)8-13(18)19/h9-11H,3-8H2,1-2H3,(H,16,17)(H,18,19)/t9-,10-,11?/m1/s1. The maximum absolute atomic E-state index is 10.8. The van der Waals surface area contributed by atoms with Crippen LogP contribution in [-0.2, 0) is 9.59 Å². The Morgan fingerprint density at radius 1 is 1.16 bits per heavy atom. The van der Waals surface area contributed by atoms with Gasteiger partial charge in [0.1, 0.15) is 0 Å². The van der Waals surface area contributed by atoms with Gasteiger partial charge in [0.05, 0.1) is 13.1 Å². The van der Waals surface area contributed by atoms with Crippen LogP contribution >= 0.6 is 0 Å². The van der Waals surface area contributed by atoms with Gasteiger partial charge in [-0.15, -0.1) is 0 Å². The average molecular weight is 269 g/mol. The molecule has 3 aliphatic carbocycles. The van der Waals surface area contributed by atoms with E-state index in [0.29, 0.717) is 23.8 Å². The SMILES string of the molecule is CC1(C)C2C[C@H]1CC[C@@H]2CN(CC(=O)O)CC(=O)O. The van der Waals surface area contributed by atoms with Gasteiger partial charge in [-0.05, 0) is 42.4 Å². The first kappa shape index (κ1) is 14.3. The maximum atomic E-state index is 10.8. The molecule has 108 valence electrons. The van der Waals surface area contributed by atoms with Crippen molar-refractivity contribution in [3.05, 3.63) is 0 Å². The number of nitrogens with zero attached hydrogens (tertiary/aromatic N) is 1. The molecule has 5 nitrogen and oxygen atoms in total. The van der Waals surface area contributed by atoms with Crippen molar-refractivity contribution in [1.29, 1.82) is 0 Å². The highest BCUT2D eigenvalue weighted by atomic mass is 16.4. The third kappa shape index (κ3) is 2.91. The molecule has 0 radical (unpaired) electrons. The molecule has 5 heteroatoms. The number of hydrogen-bond donors (Lipinski definition) is 2. The van der Waals surface area contributed by atoms with Gasteiger partial charge in [-0.3, -0.25) is 14.5 Å². The molecule has 3 fully saturated rings. The zero-order valence-electron chi connectivity index (χ0n) is 11.6. The molecular formula is C14H23NO4. The molecule has 2 N–H and O–H groups in total. The fraction of sp³-hybridized carbons (Fsp3) is 0.857. The topological polar surface area (TPSA) is 77.8 Å². The lowest BCUT2D eigenvalue weighted by Crippen LogP contribution is -2.55. The molecule has 3 aliphatic rings. The molecule has 3 atom stereocenters. The van der Waals surface area contributed by atoms with Crippen molar-refractivity contribution in [3.8, 4) is 0 Å². The first-order valence-corrected chi connectivity index (χ1v) is 6.96. The number of carboxylic acid groups (broad SMARTS) is 2. The largest absolute Gasteiger partial charge is 0.480 e. The molecule has 3 saturated carbocycles. The summed E-state index contributed by atoms with van der Waals surface area (Å²) < 4.78 is 0.